The van der Waals surface area contributed by atoms with Crippen molar-refractivity contribution in [2.24, 2.45) is 5.92 Å². The van der Waals surface area contributed by atoms with E-state index >= 15 is 0 Å². The molecule has 2 N–H and O–H groups in total. The lowest BCUT2D eigenvalue weighted by Gasteiger charge is -2.32. The van der Waals surface area contributed by atoms with Crippen LogP contribution < -0.4 is 10.0 Å². The molecule has 9 heteroatoms. The van der Waals surface area contributed by atoms with Crippen molar-refractivity contribution in [3.63, 3.8) is 0 Å². The first kappa shape index (κ1) is 24.1. The van der Waals surface area contributed by atoms with Crippen LogP contribution in [0.1, 0.15) is 43.0 Å². The second-order valence-corrected chi connectivity index (χ2v) is 9.99. The summed E-state index contributed by atoms with van der Waals surface area (Å²) >= 11 is 5.81. The highest BCUT2D eigenvalue weighted by Gasteiger charge is 2.28. The summed E-state index contributed by atoms with van der Waals surface area (Å²) in [6.45, 7) is 3.72. The van der Waals surface area contributed by atoms with Gasteiger partial charge in [0, 0.05) is 35.9 Å². The van der Waals surface area contributed by atoms with Crippen LogP contribution in [0.4, 0.5) is 5.69 Å². The highest BCUT2D eigenvalue weighted by atomic mass is 35.5. The molecular formula is C23H28ClN3O4S. The SMILES string of the molecule is CCCCNC(=O)[C@H]1CCCN(C(=O)c2ccc(NS(=O)(=O)c3ccc(Cl)cc3)cc2)C1. The molecule has 3 rings (SSSR count). The molecule has 1 heterocycles. The van der Waals surface area contributed by atoms with Gasteiger partial charge in [0.15, 0.2) is 0 Å². The van der Waals surface area contributed by atoms with Crippen molar-refractivity contribution in [1.82, 2.24) is 10.2 Å². The zero-order chi connectivity index (χ0) is 23.1. The van der Waals surface area contributed by atoms with E-state index in [4.69, 9.17) is 11.6 Å². The maximum atomic E-state index is 12.9. The number of benzene rings is 2. The van der Waals surface area contributed by atoms with Gasteiger partial charge in [-0.1, -0.05) is 24.9 Å². The number of carbonyl (C=O) groups is 2. The highest BCUT2D eigenvalue weighted by molar-refractivity contribution is 7.92. The summed E-state index contributed by atoms with van der Waals surface area (Å²) in [5.41, 5.74) is 0.801. The molecule has 1 saturated heterocycles. The fraction of sp³-hybridized carbons (Fsp3) is 0.391. The monoisotopic (exact) mass is 477 g/mol. The second kappa shape index (κ2) is 10.8. The van der Waals surface area contributed by atoms with Gasteiger partial charge in [0.1, 0.15) is 0 Å². The standard InChI is InChI=1S/C23H28ClN3O4S/c1-2-3-14-25-22(28)18-5-4-15-27(16-18)23(29)17-6-10-20(11-7-17)26-32(30,31)21-12-8-19(24)9-13-21/h6-13,18,26H,2-5,14-16H2,1H3,(H,25,28)/t18-/m0/s1. The Bertz CT molecular complexity index is 1040. The van der Waals surface area contributed by atoms with E-state index < -0.39 is 10.0 Å². The summed E-state index contributed by atoms with van der Waals surface area (Å²) in [6.07, 6.45) is 3.50. The number of hydrogen-bond acceptors (Lipinski definition) is 4. The van der Waals surface area contributed by atoms with Crippen LogP contribution in [0.3, 0.4) is 0 Å². The predicted molar refractivity (Wildman–Crippen MR) is 125 cm³/mol. The first-order valence-corrected chi connectivity index (χ1v) is 12.6. The van der Waals surface area contributed by atoms with Crippen LogP contribution in [0.15, 0.2) is 53.4 Å². The fourth-order valence-corrected chi connectivity index (χ4v) is 4.78. The first-order valence-electron chi connectivity index (χ1n) is 10.8. The number of nitrogens with one attached hydrogen (secondary N) is 2. The van der Waals surface area contributed by atoms with Crippen LogP contribution >= 0.6 is 11.6 Å². The zero-order valence-corrected chi connectivity index (χ0v) is 19.6. The Morgan fingerprint density at radius 1 is 1.09 bits per heavy atom. The molecule has 2 amide bonds. The van der Waals surface area contributed by atoms with Gasteiger partial charge in [0.2, 0.25) is 5.91 Å². The molecule has 0 aliphatic carbocycles. The molecule has 0 unspecified atom stereocenters. The Kier molecular flexibility index (Phi) is 8.15. The van der Waals surface area contributed by atoms with Gasteiger partial charge in [-0.2, -0.15) is 0 Å². The van der Waals surface area contributed by atoms with Crippen molar-refractivity contribution >= 4 is 39.1 Å². The molecule has 0 bridgehead atoms. The number of anilines is 1. The lowest BCUT2D eigenvalue weighted by atomic mass is 9.96. The van der Waals surface area contributed by atoms with Crippen LogP contribution in [-0.2, 0) is 14.8 Å². The van der Waals surface area contributed by atoms with Gasteiger partial charge in [0.05, 0.1) is 10.8 Å². The van der Waals surface area contributed by atoms with Gasteiger partial charge in [-0.05, 0) is 67.8 Å². The Labute approximate surface area is 194 Å². The summed E-state index contributed by atoms with van der Waals surface area (Å²) in [5.74, 6) is -0.360. The van der Waals surface area contributed by atoms with E-state index in [0.29, 0.717) is 35.9 Å². The molecule has 1 atom stereocenters. The van der Waals surface area contributed by atoms with Gasteiger partial charge in [0.25, 0.3) is 15.9 Å². The number of rotatable bonds is 8. The zero-order valence-electron chi connectivity index (χ0n) is 18.0. The van der Waals surface area contributed by atoms with Crippen molar-refractivity contribution in [2.45, 2.75) is 37.5 Å². The molecule has 0 aromatic heterocycles. The third-order valence-corrected chi connectivity index (χ3v) is 7.07. The summed E-state index contributed by atoms with van der Waals surface area (Å²) in [7, 11) is -3.76. The van der Waals surface area contributed by atoms with Crippen LogP contribution in [0.5, 0.6) is 0 Å². The average molecular weight is 478 g/mol. The minimum Gasteiger partial charge on any atom is -0.356 e. The van der Waals surface area contributed by atoms with Gasteiger partial charge >= 0.3 is 0 Å². The predicted octanol–water partition coefficient (Wildman–Crippen LogP) is 3.91. The third-order valence-electron chi connectivity index (χ3n) is 5.42. The number of piperidine rings is 1. The van der Waals surface area contributed by atoms with Gasteiger partial charge in [-0.25, -0.2) is 8.42 Å². The summed E-state index contributed by atoms with van der Waals surface area (Å²) in [5, 5.41) is 3.40. The maximum Gasteiger partial charge on any atom is 0.261 e. The quantitative estimate of drug-likeness (QED) is 0.563. The van der Waals surface area contributed by atoms with E-state index in [2.05, 4.69) is 17.0 Å². The number of halogens is 1. The van der Waals surface area contributed by atoms with Crippen LogP contribution in [0.2, 0.25) is 5.02 Å². The number of amides is 2. The van der Waals surface area contributed by atoms with E-state index in [1.54, 1.807) is 29.2 Å². The number of likely N-dealkylation sites (tertiary alicyclic amines) is 1. The van der Waals surface area contributed by atoms with Crippen molar-refractivity contribution in [3.8, 4) is 0 Å². The van der Waals surface area contributed by atoms with Crippen LogP contribution in [0, 0.1) is 5.92 Å². The molecule has 2 aromatic rings. The molecule has 0 saturated carbocycles. The van der Waals surface area contributed by atoms with Crippen molar-refractivity contribution in [2.75, 3.05) is 24.4 Å². The van der Waals surface area contributed by atoms with Gasteiger partial charge in [-0.15, -0.1) is 0 Å². The number of nitrogens with zero attached hydrogens (tertiary/aromatic N) is 1. The van der Waals surface area contributed by atoms with E-state index in [1.165, 1.54) is 24.3 Å². The molecule has 1 fully saturated rings. The van der Waals surface area contributed by atoms with E-state index in [1.807, 2.05) is 0 Å². The number of carbonyl (C=O) groups excluding carboxylic acids is 2. The summed E-state index contributed by atoms with van der Waals surface area (Å²) < 4.78 is 27.5. The molecule has 172 valence electrons. The number of hydrogen-bond donors (Lipinski definition) is 2. The number of unbranched alkanes of at least 4 members (excludes halogenated alkanes) is 1. The van der Waals surface area contributed by atoms with Crippen molar-refractivity contribution < 1.29 is 18.0 Å². The molecule has 0 spiro atoms. The Balaban J connectivity index is 1.62. The summed E-state index contributed by atoms with van der Waals surface area (Å²) in [6, 6.07) is 12.2. The molecule has 7 nitrogen and oxygen atoms in total. The summed E-state index contributed by atoms with van der Waals surface area (Å²) in [4.78, 5) is 27.1. The molecule has 32 heavy (non-hydrogen) atoms. The van der Waals surface area contributed by atoms with E-state index in [-0.39, 0.29) is 22.6 Å². The normalized spacial score (nSPS) is 16.4. The Hall–Kier alpha value is -2.58. The average Bonchev–Trinajstić information content (AvgIpc) is 2.79. The lowest BCUT2D eigenvalue weighted by Crippen LogP contribution is -2.45. The largest absolute Gasteiger partial charge is 0.356 e. The Morgan fingerprint density at radius 3 is 2.44 bits per heavy atom. The van der Waals surface area contributed by atoms with Gasteiger partial charge < -0.3 is 10.2 Å². The molecule has 2 aromatic carbocycles. The molecule has 1 aliphatic heterocycles. The maximum absolute atomic E-state index is 12.9. The third kappa shape index (κ3) is 6.23. The minimum atomic E-state index is -3.76. The lowest BCUT2D eigenvalue weighted by molar-refractivity contribution is -0.126. The Morgan fingerprint density at radius 2 is 1.78 bits per heavy atom. The van der Waals surface area contributed by atoms with Crippen molar-refractivity contribution in [1.29, 1.82) is 0 Å². The molecular weight excluding hydrogens is 450 g/mol. The van der Waals surface area contributed by atoms with Gasteiger partial charge in [-0.3, -0.25) is 14.3 Å². The molecule has 1 aliphatic rings. The minimum absolute atomic E-state index is 0.00269. The highest BCUT2D eigenvalue weighted by Crippen LogP contribution is 2.22. The molecule has 0 radical (unpaired) electrons. The number of sulfonamides is 1. The van der Waals surface area contributed by atoms with Crippen molar-refractivity contribution in [3.05, 3.63) is 59.1 Å². The first-order chi connectivity index (χ1) is 15.3. The van der Waals surface area contributed by atoms with Crippen LogP contribution in [0.25, 0.3) is 0 Å². The topological polar surface area (TPSA) is 95.6 Å². The second-order valence-electron chi connectivity index (χ2n) is 7.87. The van der Waals surface area contributed by atoms with E-state index in [0.717, 1.165) is 25.7 Å². The smallest absolute Gasteiger partial charge is 0.261 e. The van der Waals surface area contributed by atoms with Crippen LogP contribution in [-0.4, -0.2) is 44.8 Å². The fourth-order valence-electron chi connectivity index (χ4n) is 3.60. The van der Waals surface area contributed by atoms with E-state index in [9.17, 15) is 18.0 Å².